The topological polar surface area (TPSA) is 76.1 Å². The second-order valence-corrected chi connectivity index (χ2v) is 8.72. The molecule has 0 radical (unpaired) electrons. The van der Waals surface area contributed by atoms with E-state index >= 15 is 0 Å². The molecule has 0 aromatic heterocycles. The number of aliphatic carboxylic acids is 1. The Hall–Kier alpha value is -2.86. The number of ether oxygens (including phenoxy) is 2. The molecule has 0 aliphatic heterocycles. The third-order valence-corrected chi connectivity index (χ3v) is 6.67. The minimum absolute atomic E-state index is 0.0271. The van der Waals surface area contributed by atoms with Crippen LogP contribution in [0.25, 0.3) is 11.1 Å². The van der Waals surface area contributed by atoms with Crippen LogP contribution in [0.5, 0.6) is 0 Å². The molecule has 1 atom stereocenters. The monoisotopic (exact) mass is 437 g/mol. The van der Waals surface area contributed by atoms with Crippen LogP contribution in [0.15, 0.2) is 48.5 Å². The average molecular weight is 438 g/mol. The number of nitrogens with zero attached hydrogens (tertiary/aromatic N) is 1. The first-order valence-electron chi connectivity index (χ1n) is 11.5. The lowest BCUT2D eigenvalue weighted by Gasteiger charge is -2.26. The summed E-state index contributed by atoms with van der Waals surface area (Å²) >= 11 is 0. The molecule has 2 aliphatic rings. The van der Waals surface area contributed by atoms with Gasteiger partial charge in [0.25, 0.3) is 0 Å². The van der Waals surface area contributed by atoms with Gasteiger partial charge in [-0.15, -0.1) is 0 Å². The molecule has 2 aromatic rings. The molecule has 0 spiro atoms. The Morgan fingerprint density at radius 3 is 2.09 bits per heavy atom. The van der Waals surface area contributed by atoms with E-state index in [2.05, 4.69) is 24.3 Å². The van der Waals surface area contributed by atoms with Crippen molar-refractivity contribution in [2.24, 2.45) is 0 Å². The van der Waals surface area contributed by atoms with Gasteiger partial charge in [-0.2, -0.15) is 0 Å². The summed E-state index contributed by atoms with van der Waals surface area (Å²) in [6.07, 6.45) is 5.90. The fourth-order valence-electron chi connectivity index (χ4n) is 4.81. The third-order valence-electron chi connectivity index (χ3n) is 6.67. The second kappa shape index (κ2) is 10.2. The van der Waals surface area contributed by atoms with Crippen LogP contribution in [-0.2, 0) is 14.3 Å². The summed E-state index contributed by atoms with van der Waals surface area (Å²) in [4.78, 5) is 25.7. The Morgan fingerprint density at radius 1 is 0.969 bits per heavy atom. The predicted molar refractivity (Wildman–Crippen MR) is 122 cm³/mol. The number of benzene rings is 2. The van der Waals surface area contributed by atoms with Crippen molar-refractivity contribution in [3.05, 3.63) is 59.7 Å². The number of hydrogen-bond acceptors (Lipinski definition) is 4. The summed E-state index contributed by atoms with van der Waals surface area (Å²) in [5.74, 6) is -1.15. The van der Waals surface area contributed by atoms with Gasteiger partial charge in [0.15, 0.2) is 6.04 Å². The Bertz CT molecular complexity index is 905. The van der Waals surface area contributed by atoms with Crippen molar-refractivity contribution in [1.82, 2.24) is 4.90 Å². The summed E-state index contributed by atoms with van der Waals surface area (Å²) in [6.45, 7) is 0.133. The number of carboxylic acid groups (broad SMARTS) is 1. The molecule has 1 N–H and O–H groups in total. The molecule has 0 saturated heterocycles. The minimum atomic E-state index is -1.09. The number of carboxylic acids is 1. The first-order chi connectivity index (χ1) is 15.6. The van der Waals surface area contributed by atoms with E-state index in [-0.39, 0.29) is 25.2 Å². The normalized spacial score (nSPS) is 17.2. The van der Waals surface area contributed by atoms with Crippen molar-refractivity contribution in [3.63, 3.8) is 0 Å². The van der Waals surface area contributed by atoms with Gasteiger partial charge < -0.3 is 14.6 Å². The van der Waals surface area contributed by atoms with Crippen LogP contribution in [0.4, 0.5) is 4.79 Å². The molecule has 1 saturated carbocycles. The quantitative estimate of drug-likeness (QED) is 0.613. The highest BCUT2D eigenvalue weighted by Crippen LogP contribution is 2.44. The van der Waals surface area contributed by atoms with E-state index in [1.54, 1.807) is 0 Å². The van der Waals surface area contributed by atoms with Crippen molar-refractivity contribution >= 4 is 12.1 Å². The van der Waals surface area contributed by atoms with Gasteiger partial charge in [0.1, 0.15) is 6.61 Å². The van der Waals surface area contributed by atoms with Crippen LogP contribution in [-0.4, -0.2) is 54.5 Å². The Balaban J connectivity index is 1.39. The van der Waals surface area contributed by atoms with Gasteiger partial charge in [-0.1, -0.05) is 74.2 Å². The number of likely N-dealkylation sites (N-methyl/N-ethyl adjacent to an activating group) is 1. The van der Waals surface area contributed by atoms with Crippen LogP contribution in [0, 0.1) is 0 Å². The summed E-state index contributed by atoms with van der Waals surface area (Å²) < 4.78 is 11.5. The fourth-order valence-corrected chi connectivity index (χ4v) is 4.81. The lowest BCUT2D eigenvalue weighted by molar-refractivity contribution is -0.145. The summed E-state index contributed by atoms with van der Waals surface area (Å²) in [5.41, 5.74) is 4.54. The van der Waals surface area contributed by atoms with Crippen LogP contribution in [0.2, 0.25) is 0 Å². The molecular formula is C26H31NO5. The zero-order valence-corrected chi connectivity index (χ0v) is 18.5. The van der Waals surface area contributed by atoms with Crippen molar-refractivity contribution in [3.8, 4) is 11.1 Å². The fraction of sp³-hybridized carbons (Fsp3) is 0.462. The predicted octanol–water partition coefficient (Wildman–Crippen LogP) is 5.06. The number of hydrogen-bond donors (Lipinski definition) is 1. The van der Waals surface area contributed by atoms with Crippen LogP contribution in [0.1, 0.15) is 55.6 Å². The maximum absolute atomic E-state index is 12.8. The molecule has 0 bridgehead atoms. The smallest absolute Gasteiger partial charge is 0.410 e. The van der Waals surface area contributed by atoms with Gasteiger partial charge in [0.2, 0.25) is 0 Å². The van der Waals surface area contributed by atoms with E-state index in [4.69, 9.17) is 9.47 Å². The van der Waals surface area contributed by atoms with Gasteiger partial charge in [0, 0.05) is 13.0 Å². The van der Waals surface area contributed by atoms with Crippen LogP contribution >= 0.6 is 0 Å². The molecule has 170 valence electrons. The summed E-state index contributed by atoms with van der Waals surface area (Å²) in [7, 11) is 1.47. The van der Waals surface area contributed by atoms with E-state index in [9.17, 15) is 14.7 Å². The molecule has 6 heteroatoms. The Morgan fingerprint density at radius 2 is 1.53 bits per heavy atom. The molecule has 1 fully saturated rings. The molecular weight excluding hydrogens is 406 g/mol. The number of carbonyl (C=O) groups excluding carboxylic acids is 1. The van der Waals surface area contributed by atoms with Crippen molar-refractivity contribution in [2.75, 3.05) is 20.3 Å². The SMILES string of the molecule is CN(C(=O)OCC1c2ccccc2-c2ccccc21)[C@@H](COC1CCCCCC1)C(=O)O. The molecule has 1 amide bonds. The first kappa shape index (κ1) is 22.3. The molecule has 6 nitrogen and oxygen atoms in total. The largest absolute Gasteiger partial charge is 0.480 e. The van der Waals surface area contributed by atoms with Gasteiger partial charge in [0.05, 0.1) is 12.7 Å². The first-order valence-corrected chi connectivity index (χ1v) is 11.5. The van der Waals surface area contributed by atoms with Gasteiger partial charge >= 0.3 is 12.1 Å². The minimum Gasteiger partial charge on any atom is -0.480 e. The van der Waals surface area contributed by atoms with E-state index in [0.29, 0.717) is 0 Å². The molecule has 32 heavy (non-hydrogen) atoms. The molecule has 2 aromatic carbocycles. The maximum atomic E-state index is 12.8. The standard InChI is InChI=1S/C26H31NO5/c1-27(24(25(28)29)17-31-18-10-4-2-3-5-11-18)26(30)32-16-23-21-14-8-6-12-19(21)20-13-7-9-15-22(20)23/h6-9,12-15,18,23-24H,2-5,10-11,16-17H2,1H3,(H,28,29)/t24-/m0/s1. The van der Waals surface area contributed by atoms with Crippen LogP contribution < -0.4 is 0 Å². The van der Waals surface area contributed by atoms with E-state index in [1.807, 2.05) is 24.3 Å². The summed E-state index contributed by atoms with van der Waals surface area (Å²) in [5, 5.41) is 9.69. The average Bonchev–Trinajstić information content (AvgIpc) is 2.92. The zero-order chi connectivity index (χ0) is 22.5. The van der Waals surface area contributed by atoms with Gasteiger partial charge in [-0.05, 0) is 35.1 Å². The summed E-state index contributed by atoms with van der Waals surface area (Å²) in [6, 6.07) is 15.2. The highest BCUT2D eigenvalue weighted by Gasteiger charge is 2.32. The number of fused-ring (bicyclic) bond motifs is 3. The van der Waals surface area contributed by atoms with E-state index in [1.165, 1.54) is 19.9 Å². The second-order valence-electron chi connectivity index (χ2n) is 8.72. The Labute approximate surface area is 189 Å². The van der Waals surface area contributed by atoms with Crippen molar-refractivity contribution in [2.45, 2.75) is 56.6 Å². The van der Waals surface area contributed by atoms with Gasteiger partial charge in [-0.25, -0.2) is 9.59 Å². The lowest BCUT2D eigenvalue weighted by atomic mass is 9.98. The molecule has 2 aliphatic carbocycles. The number of amides is 1. The third kappa shape index (κ3) is 4.80. The number of rotatable bonds is 7. The molecule has 0 unspecified atom stereocenters. The van der Waals surface area contributed by atoms with Crippen molar-refractivity contribution in [1.29, 1.82) is 0 Å². The number of carbonyl (C=O) groups is 2. The van der Waals surface area contributed by atoms with Crippen molar-refractivity contribution < 1.29 is 24.2 Å². The molecule has 0 heterocycles. The Kier molecular flexibility index (Phi) is 7.10. The maximum Gasteiger partial charge on any atom is 0.410 e. The lowest BCUT2D eigenvalue weighted by Crippen LogP contribution is -2.46. The highest BCUT2D eigenvalue weighted by molar-refractivity contribution is 5.81. The highest BCUT2D eigenvalue weighted by atomic mass is 16.6. The van der Waals surface area contributed by atoms with Gasteiger partial charge in [-0.3, -0.25) is 4.90 Å². The van der Waals surface area contributed by atoms with E-state index in [0.717, 1.165) is 52.8 Å². The zero-order valence-electron chi connectivity index (χ0n) is 18.5. The van der Waals surface area contributed by atoms with E-state index < -0.39 is 18.1 Å². The van der Waals surface area contributed by atoms with Crippen LogP contribution in [0.3, 0.4) is 0 Å². The molecule has 4 rings (SSSR count).